The maximum absolute atomic E-state index is 9.07. The van der Waals surface area contributed by atoms with Crippen LogP contribution < -0.4 is 5.32 Å². The summed E-state index contributed by atoms with van der Waals surface area (Å²) in [5, 5.41) is 12.3. The van der Waals surface area contributed by atoms with Crippen molar-refractivity contribution < 1.29 is 5.11 Å². The lowest BCUT2D eigenvalue weighted by atomic mass is 10.1. The number of nitrogens with one attached hydrogen (secondary N) is 1. The third kappa shape index (κ3) is 1.98. The van der Waals surface area contributed by atoms with Gasteiger partial charge in [0.25, 0.3) is 0 Å². The molecule has 1 aliphatic rings. The topological polar surface area (TPSA) is 45.1 Å². The molecule has 1 aromatic heterocycles. The standard InChI is InChI=1S/C10H14N2O/c13-8-10(4-5-10)7-12-9-3-1-2-6-11-9/h1-3,6,13H,4-5,7-8H2,(H,11,12). The molecule has 1 aliphatic carbocycles. The molecule has 0 spiro atoms. The summed E-state index contributed by atoms with van der Waals surface area (Å²) in [6, 6.07) is 5.78. The van der Waals surface area contributed by atoms with E-state index in [2.05, 4.69) is 10.3 Å². The Bertz CT molecular complexity index is 270. The van der Waals surface area contributed by atoms with Crippen LogP contribution in [0, 0.1) is 5.41 Å². The molecule has 0 aromatic carbocycles. The Kier molecular flexibility index (Phi) is 2.19. The van der Waals surface area contributed by atoms with E-state index < -0.39 is 0 Å². The lowest BCUT2D eigenvalue weighted by Gasteiger charge is -2.12. The van der Waals surface area contributed by atoms with Crippen molar-refractivity contribution in [3.63, 3.8) is 0 Å². The summed E-state index contributed by atoms with van der Waals surface area (Å²) in [6.07, 6.45) is 4.02. The predicted octanol–water partition coefficient (Wildman–Crippen LogP) is 1.27. The van der Waals surface area contributed by atoms with Crippen LogP contribution in [0.15, 0.2) is 24.4 Å². The third-order valence-corrected chi connectivity index (χ3v) is 2.60. The Morgan fingerprint density at radius 1 is 1.46 bits per heavy atom. The van der Waals surface area contributed by atoms with E-state index in [0.29, 0.717) is 0 Å². The number of rotatable bonds is 4. The highest BCUT2D eigenvalue weighted by atomic mass is 16.3. The second-order valence-electron chi connectivity index (χ2n) is 3.73. The lowest BCUT2D eigenvalue weighted by molar-refractivity contribution is 0.219. The van der Waals surface area contributed by atoms with Crippen LogP contribution >= 0.6 is 0 Å². The first-order valence-electron chi connectivity index (χ1n) is 4.60. The van der Waals surface area contributed by atoms with Crippen molar-refractivity contribution in [3.05, 3.63) is 24.4 Å². The largest absolute Gasteiger partial charge is 0.396 e. The summed E-state index contributed by atoms with van der Waals surface area (Å²) in [6.45, 7) is 1.12. The Hall–Kier alpha value is -1.09. The highest BCUT2D eigenvalue weighted by Gasteiger charge is 2.41. The number of anilines is 1. The molecule has 1 heterocycles. The molecule has 0 radical (unpaired) electrons. The minimum Gasteiger partial charge on any atom is -0.396 e. The maximum Gasteiger partial charge on any atom is 0.125 e. The van der Waals surface area contributed by atoms with Crippen LogP contribution in [0.4, 0.5) is 5.82 Å². The molecule has 1 saturated carbocycles. The molecule has 0 amide bonds. The first kappa shape index (κ1) is 8.51. The second kappa shape index (κ2) is 3.34. The molecule has 0 atom stereocenters. The zero-order valence-electron chi connectivity index (χ0n) is 7.53. The van der Waals surface area contributed by atoms with Crippen molar-refractivity contribution in [2.75, 3.05) is 18.5 Å². The van der Waals surface area contributed by atoms with Gasteiger partial charge in [-0.05, 0) is 25.0 Å². The SMILES string of the molecule is OCC1(CNc2ccccn2)CC1. The minimum atomic E-state index is 0.150. The van der Waals surface area contributed by atoms with Gasteiger partial charge >= 0.3 is 0 Å². The molecular weight excluding hydrogens is 164 g/mol. The van der Waals surface area contributed by atoms with Gasteiger partial charge in [0.15, 0.2) is 0 Å². The molecule has 0 aliphatic heterocycles. The Morgan fingerprint density at radius 3 is 2.85 bits per heavy atom. The van der Waals surface area contributed by atoms with Crippen LogP contribution in [-0.4, -0.2) is 23.2 Å². The molecule has 3 nitrogen and oxygen atoms in total. The summed E-state index contributed by atoms with van der Waals surface area (Å²) in [7, 11) is 0. The molecule has 0 bridgehead atoms. The van der Waals surface area contributed by atoms with E-state index >= 15 is 0 Å². The van der Waals surface area contributed by atoms with Gasteiger partial charge in [0.05, 0.1) is 6.61 Å². The van der Waals surface area contributed by atoms with E-state index in [9.17, 15) is 0 Å². The van der Waals surface area contributed by atoms with Crippen LogP contribution in [0.1, 0.15) is 12.8 Å². The second-order valence-corrected chi connectivity index (χ2v) is 3.73. The average molecular weight is 178 g/mol. The number of nitrogens with zero attached hydrogens (tertiary/aromatic N) is 1. The zero-order valence-corrected chi connectivity index (χ0v) is 7.53. The monoisotopic (exact) mass is 178 g/mol. The highest BCUT2D eigenvalue weighted by Crippen LogP contribution is 2.44. The third-order valence-electron chi connectivity index (χ3n) is 2.60. The molecule has 3 heteroatoms. The molecule has 13 heavy (non-hydrogen) atoms. The average Bonchev–Trinajstić information content (AvgIpc) is 2.97. The van der Waals surface area contributed by atoms with Gasteiger partial charge in [0, 0.05) is 18.2 Å². The molecule has 1 aromatic rings. The van der Waals surface area contributed by atoms with E-state index in [-0.39, 0.29) is 12.0 Å². The fourth-order valence-corrected chi connectivity index (χ4v) is 1.31. The summed E-state index contributed by atoms with van der Waals surface area (Å²) in [4.78, 5) is 4.15. The van der Waals surface area contributed by atoms with Crippen molar-refractivity contribution in [2.24, 2.45) is 5.41 Å². The highest BCUT2D eigenvalue weighted by molar-refractivity contribution is 5.33. The van der Waals surface area contributed by atoms with Gasteiger partial charge in [-0.3, -0.25) is 0 Å². The van der Waals surface area contributed by atoms with E-state index in [0.717, 1.165) is 25.2 Å². The number of hydrogen-bond donors (Lipinski definition) is 2. The first-order chi connectivity index (χ1) is 6.35. The summed E-state index contributed by atoms with van der Waals surface area (Å²) >= 11 is 0. The van der Waals surface area contributed by atoms with Crippen molar-refractivity contribution in [3.8, 4) is 0 Å². The summed E-state index contributed by atoms with van der Waals surface area (Å²) in [5.41, 5.74) is 0.150. The smallest absolute Gasteiger partial charge is 0.125 e. The van der Waals surface area contributed by atoms with Crippen LogP contribution in [-0.2, 0) is 0 Å². The number of aromatic nitrogens is 1. The van der Waals surface area contributed by atoms with Crippen LogP contribution in [0.3, 0.4) is 0 Å². The van der Waals surface area contributed by atoms with Gasteiger partial charge in [-0.15, -0.1) is 0 Å². The van der Waals surface area contributed by atoms with Crippen molar-refractivity contribution in [2.45, 2.75) is 12.8 Å². The molecule has 1 fully saturated rings. The quantitative estimate of drug-likeness (QED) is 0.729. The van der Waals surface area contributed by atoms with Crippen molar-refractivity contribution in [1.29, 1.82) is 0 Å². The Labute approximate surface area is 77.8 Å². The molecule has 2 N–H and O–H groups in total. The Morgan fingerprint density at radius 2 is 2.31 bits per heavy atom. The summed E-state index contributed by atoms with van der Waals surface area (Å²) < 4.78 is 0. The van der Waals surface area contributed by atoms with Gasteiger partial charge in [-0.25, -0.2) is 4.98 Å². The van der Waals surface area contributed by atoms with Crippen molar-refractivity contribution in [1.82, 2.24) is 4.98 Å². The van der Waals surface area contributed by atoms with Gasteiger partial charge in [-0.2, -0.15) is 0 Å². The molecular formula is C10H14N2O. The van der Waals surface area contributed by atoms with Crippen LogP contribution in [0.2, 0.25) is 0 Å². The normalized spacial score (nSPS) is 18.2. The van der Waals surface area contributed by atoms with Crippen LogP contribution in [0.25, 0.3) is 0 Å². The van der Waals surface area contributed by atoms with E-state index in [1.54, 1.807) is 6.20 Å². The number of pyridine rings is 1. The van der Waals surface area contributed by atoms with Gasteiger partial charge in [-0.1, -0.05) is 6.07 Å². The summed E-state index contributed by atoms with van der Waals surface area (Å²) in [5.74, 6) is 0.891. The zero-order chi connectivity index (χ0) is 9.15. The van der Waals surface area contributed by atoms with Gasteiger partial charge in [0.2, 0.25) is 0 Å². The van der Waals surface area contributed by atoms with Gasteiger partial charge < -0.3 is 10.4 Å². The fraction of sp³-hybridized carbons (Fsp3) is 0.500. The van der Waals surface area contributed by atoms with Gasteiger partial charge in [0.1, 0.15) is 5.82 Å². The molecule has 2 rings (SSSR count). The van der Waals surface area contributed by atoms with Crippen LogP contribution in [0.5, 0.6) is 0 Å². The lowest BCUT2D eigenvalue weighted by Crippen LogP contribution is -2.19. The maximum atomic E-state index is 9.07. The molecule has 70 valence electrons. The van der Waals surface area contributed by atoms with Crippen molar-refractivity contribution >= 4 is 5.82 Å². The van der Waals surface area contributed by atoms with E-state index in [1.807, 2.05) is 18.2 Å². The predicted molar refractivity (Wildman–Crippen MR) is 51.5 cm³/mol. The number of aliphatic hydroxyl groups excluding tert-OH is 1. The molecule has 0 unspecified atom stereocenters. The number of aliphatic hydroxyl groups is 1. The van der Waals surface area contributed by atoms with E-state index in [1.165, 1.54) is 0 Å². The number of hydrogen-bond acceptors (Lipinski definition) is 3. The van der Waals surface area contributed by atoms with E-state index in [4.69, 9.17) is 5.11 Å². The Balaban J connectivity index is 1.86. The molecule has 0 saturated heterocycles. The first-order valence-corrected chi connectivity index (χ1v) is 4.60. The fourth-order valence-electron chi connectivity index (χ4n) is 1.31. The minimum absolute atomic E-state index is 0.150.